The van der Waals surface area contributed by atoms with Gasteiger partial charge in [0, 0.05) is 3.57 Å². The molecular formula is C26H20I3O2S+. The fourth-order valence-electron chi connectivity index (χ4n) is 3.16. The van der Waals surface area contributed by atoms with E-state index >= 15 is 0 Å². The van der Waals surface area contributed by atoms with E-state index in [-0.39, 0.29) is 10.9 Å². The van der Waals surface area contributed by atoms with E-state index in [0.29, 0.717) is 13.2 Å². The minimum Gasteiger partial charge on any atom is -0.490 e. The molecule has 0 atom stereocenters. The maximum atomic E-state index is 5.98. The predicted octanol–water partition coefficient (Wildman–Crippen LogP) is 8.05. The highest BCUT2D eigenvalue weighted by Crippen LogP contribution is 2.32. The number of ether oxygens (including phenoxy) is 2. The lowest BCUT2D eigenvalue weighted by molar-refractivity contribution is 0.215. The van der Waals surface area contributed by atoms with Crippen LogP contribution in [0.2, 0.25) is 0 Å². The van der Waals surface area contributed by atoms with E-state index < -0.39 is 0 Å². The Hall–Kier alpha value is -0.980. The largest absolute Gasteiger partial charge is 0.490 e. The number of hydrogen-bond donors (Lipinski definition) is 0. The molecule has 4 aromatic rings. The molecule has 32 heavy (non-hydrogen) atoms. The van der Waals surface area contributed by atoms with Crippen LogP contribution in [0.1, 0.15) is 0 Å². The monoisotopic (exact) mass is 777 g/mol. The average molecular weight is 777 g/mol. The molecule has 0 aliphatic heterocycles. The maximum Gasteiger partial charge on any atom is 0.166 e. The van der Waals surface area contributed by atoms with Crippen molar-refractivity contribution in [2.75, 3.05) is 13.2 Å². The lowest BCUT2D eigenvalue weighted by Crippen LogP contribution is -2.10. The van der Waals surface area contributed by atoms with Gasteiger partial charge in [-0.15, -0.1) is 0 Å². The van der Waals surface area contributed by atoms with Crippen LogP contribution in [0.4, 0.5) is 0 Å². The summed E-state index contributed by atoms with van der Waals surface area (Å²) in [7, 11) is -0.145. The third-order valence-electron chi connectivity index (χ3n) is 4.58. The van der Waals surface area contributed by atoms with Crippen LogP contribution in [0.3, 0.4) is 0 Å². The molecule has 162 valence electrons. The lowest BCUT2D eigenvalue weighted by Gasteiger charge is -2.12. The van der Waals surface area contributed by atoms with Gasteiger partial charge >= 0.3 is 0 Å². The molecular weight excluding hydrogens is 757 g/mol. The minimum atomic E-state index is -0.145. The summed E-state index contributed by atoms with van der Waals surface area (Å²) in [4.78, 5) is 3.89. The van der Waals surface area contributed by atoms with E-state index in [1.165, 1.54) is 18.3 Å². The summed E-state index contributed by atoms with van der Waals surface area (Å²) >= 11 is 6.96. The highest BCUT2D eigenvalue weighted by molar-refractivity contribution is 14.1. The first-order valence-electron chi connectivity index (χ1n) is 9.96. The van der Waals surface area contributed by atoms with E-state index in [0.717, 1.165) is 18.6 Å². The topological polar surface area (TPSA) is 18.5 Å². The van der Waals surface area contributed by atoms with Crippen molar-refractivity contribution in [3.05, 3.63) is 108 Å². The van der Waals surface area contributed by atoms with Gasteiger partial charge in [-0.3, -0.25) is 0 Å². The molecule has 0 saturated carbocycles. The van der Waals surface area contributed by atoms with E-state index in [2.05, 4.69) is 165 Å². The zero-order valence-corrected chi connectivity index (χ0v) is 24.3. The van der Waals surface area contributed by atoms with Gasteiger partial charge < -0.3 is 9.47 Å². The molecule has 4 aromatic carbocycles. The second-order valence-electron chi connectivity index (χ2n) is 6.80. The van der Waals surface area contributed by atoms with Crippen LogP contribution in [0.25, 0.3) is 0 Å². The number of benzene rings is 4. The van der Waals surface area contributed by atoms with Gasteiger partial charge in [0.25, 0.3) is 0 Å². The van der Waals surface area contributed by atoms with Gasteiger partial charge in [0.15, 0.2) is 14.7 Å². The summed E-state index contributed by atoms with van der Waals surface area (Å²) in [5.74, 6) is 1.79. The molecule has 0 bridgehead atoms. The Labute approximate surface area is 232 Å². The van der Waals surface area contributed by atoms with Crippen molar-refractivity contribution in [1.82, 2.24) is 0 Å². The number of halogens is 3. The van der Waals surface area contributed by atoms with Crippen LogP contribution in [-0.2, 0) is 10.9 Å². The number of hydrogen-bond acceptors (Lipinski definition) is 2. The summed E-state index contributed by atoms with van der Waals surface area (Å²) in [6.45, 7) is 1.01. The van der Waals surface area contributed by atoms with E-state index in [1.807, 2.05) is 0 Å². The van der Waals surface area contributed by atoms with Crippen molar-refractivity contribution in [2.45, 2.75) is 14.7 Å². The molecule has 0 heterocycles. The highest BCUT2D eigenvalue weighted by Gasteiger charge is 2.28. The van der Waals surface area contributed by atoms with E-state index in [1.54, 1.807) is 0 Å². The van der Waals surface area contributed by atoms with Gasteiger partial charge in [-0.1, -0.05) is 36.4 Å². The van der Waals surface area contributed by atoms with E-state index in [9.17, 15) is 0 Å². The SMILES string of the molecule is Ic1cc(I)c(OCCOc2ccc([S+](c3ccccc3)c3ccccc3)cc2)c(I)c1. The first kappa shape index (κ1) is 24.2. The van der Waals surface area contributed by atoms with Crippen LogP contribution in [0.5, 0.6) is 11.5 Å². The standard InChI is InChI=1S/C26H20I3O2S/c27-19-17-24(28)26(25(29)18-19)31-16-15-30-20-11-13-23(14-12-20)32(21-7-3-1-4-8-21)22-9-5-2-6-10-22/h1-14,17-18H,15-16H2/q+1. The number of rotatable bonds is 8. The predicted molar refractivity (Wildman–Crippen MR) is 157 cm³/mol. The van der Waals surface area contributed by atoms with Gasteiger partial charge in [0.05, 0.1) is 18.0 Å². The molecule has 0 unspecified atom stereocenters. The van der Waals surface area contributed by atoms with Gasteiger partial charge in [-0.25, -0.2) is 0 Å². The Morgan fingerprint density at radius 3 is 1.56 bits per heavy atom. The Morgan fingerprint density at radius 2 is 1.03 bits per heavy atom. The Kier molecular flexibility index (Phi) is 9.01. The first-order chi connectivity index (χ1) is 15.6. The Balaban J connectivity index is 1.42. The van der Waals surface area contributed by atoms with Crippen molar-refractivity contribution in [3.8, 4) is 11.5 Å². The summed E-state index contributed by atoms with van der Waals surface area (Å²) in [5, 5.41) is 0. The van der Waals surface area contributed by atoms with Crippen LogP contribution in [0.15, 0.2) is 112 Å². The molecule has 0 spiro atoms. The third-order valence-corrected chi connectivity index (χ3v) is 9.03. The van der Waals surface area contributed by atoms with Gasteiger partial charge in [-0.05, 0) is 128 Å². The van der Waals surface area contributed by atoms with Gasteiger partial charge in [0.2, 0.25) is 0 Å². The summed E-state index contributed by atoms with van der Waals surface area (Å²) in [6.07, 6.45) is 0. The summed E-state index contributed by atoms with van der Waals surface area (Å²) in [5.41, 5.74) is 0. The van der Waals surface area contributed by atoms with Crippen molar-refractivity contribution in [2.24, 2.45) is 0 Å². The molecule has 0 aliphatic rings. The Morgan fingerprint density at radius 1 is 0.562 bits per heavy atom. The van der Waals surface area contributed by atoms with Crippen LogP contribution in [0, 0.1) is 10.7 Å². The van der Waals surface area contributed by atoms with Crippen molar-refractivity contribution in [1.29, 1.82) is 0 Å². The molecule has 0 aromatic heterocycles. The molecule has 4 rings (SSSR count). The van der Waals surface area contributed by atoms with Crippen molar-refractivity contribution < 1.29 is 9.47 Å². The third kappa shape index (κ3) is 6.32. The second kappa shape index (κ2) is 11.9. The molecule has 0 saturated heterocycles. The fourth-order valence-corrected chi connectivity index (χ4v) is 9.14. The highest BCUT2D eigenvalue weighted by atomic mass is 127. The van der Waals surface area contributed by atoms with Gasteiger partial charge in [0.1, 0.15) is 24.7 Å². The zero-order valence-electron chi connectivity index (χ0n) is 17.0. The first-order valence-corrected chi connectivity index (χ1v) is 14.4. The van der Waals surface area contributed by atoms with E-state index in [4.69, 9.17) is 9.47 Å². The fraction of sp³-hybridized carbons (Fsp3) is 0.0769. The Bertz CT molecular complexity index is 1090. The molecule has 6 heteroatoms. The minimum absolute atomic E-state index is 0.145. The quantitative estimate of drug-likeness (QED) is 0.103. The lowest BCUT2D eigenvalue weighted by atomic mass is 10.3. The van der Waals surface area contributed by atoms with Crippen molar-refractivity contribution in [3.63, 3.8) is 0 Å². The van der Waals surface area contributed by atoms with Crippen molar-refractivity contribution >= 4 is 78.7 Å². The van der Waals surface area contributed by atoms with Gasteiger partial charge in [-0.2, -0.15) is 0 Å². The van der Waals surface area contributed by atoms with Crippen LogP contribution < -0.4 is 9.47 Å². The zero-order chi connectivity index (χ0) is 22.3. The summed E-state index contributed by atoms with van der Waals surface area (Å²) in [6, 6.07) is 34.0. The molecule has 2 nitrogen and oxygen atoms in total. The van der Waals surface area contributed by atoms with Crippen LogP contribution in [-0.4, -0.2) is 13.2 Å². The maximum absolute atomic E-state index is 5.98. The molecule has 0 fully saturated rings. The molecule has 0 N–H and O–H groups in total. The molecule has 0 aliphatic carbocycles. The molecule has 0 radical (unpaired) electrons. The average Bonchev–Trinajstić information content (AvgIpc) is 2.80. The normalized spacial score (nSPS) is 10.9. The smallest absolute Gasteiger partial charge is 0.166 e. The summed E-state index contributed by atoms with van der Waals surface area (Å²) < 4.78 is 15.4. The van der Waals surface area contributed by atoms with Crippen LogP contribution >= 0.6 is 67.8 Å². The molecule has 0 amide bonds. The second-order valence-corrected chi connectivity index (χ2v) is 12.4.